The van der Waals surface area contributed by atoms with Crippen molar-refractivity contribution in [1.29, 1.82) is 0 Å². The summed E-state index contributed by atoms with van der Waals surface area (Å²) in [5.41, 5.74) is 15.4. The molecule has 0 radical (unpaired) electrons. The predicted octanol–water partition coefficient (Wildman–Crippen LogP) is 18.9. The van der Waals surface area contributed by atoms with Gasteiger partial charge in [-0.25, -0.2) is 0 Å². The molecule has 68 heavy (non-hydrogen) atoms. The fourth-order valence-electron chi connectivity index (χ4n) is 11.4. The summed E-state index contributed by atoms with van der Waals surface area (Å²) in [4.78, 5) is 0. The Kier molecular flexibility index (Phi) is 8.77. The molecule has 0 amide bonds. The smallest absolute Gasteiger partial charge is 0.136 e. The van der Waals surface area contributed by atoms with Crippen LogP contribution in [0.25, 0.3) is 126 Å². The Morgan fingerprint density at radius 1 is 0.324 bits per heavy atom. The van der Waals surface area contributed by atoms with Gasteiger partial charge in [0, 0.05) is 32.3 Å². The van der Waals surface area contributed by atoms with E-state index >= 15 is 0 Å². The molecular weight excluding hydrogens is 823 g/mol. The molecular formula is C66H51NO. The number of nitrogens with zero attached hydrogens (tertiary/aromatic N) is 1. The van der Waals surface area contributed by atoms with E-state index in [0.717, 1.165) is 27.5 Å². The first-order valence-electron chi connectivity index (χ1n) is 24.0. The molecule has 2 heterocycles. The number of benzene rings is 11. The molecule has 11 aromatic carbocycles. The van der Waals surface area contributed by atoms with E-state index in [1.807, 2.05) is 0 Å². The normalized spacial score (nSPS) is 12.6. The lowest BCUT2D eigenvalue weighted by atomic mass is 9.85. The molecule has 0 saturated heterocycles. The van der Waals surface area contributed by atoms with Crippen LogP contribution < -0.4 is 0 Å². The molecule has 0 atom stereocenters. The largest absolute Gasteiger partial charge is 0.456 e. The van der Waals surface area contributed by atoms with Crippen molar-refractivity contribution in [3.63, 3.8) is 0 Å². The summed E-state index contributed by atoms with van der Waals surface area (Å²) in [6.45, 7) is 13.9. The van der Waals surface area contributed by atoms with Gasteiger partial charge in [-0.3, -0.25) is 0 Å². The Balaban J connectivity index is 1.05. The van der Waals surface area contributed by atoms with E-state index in [2.05, 4.69) is 246 Å². The second kappa shape index (κ2) is 14.8. The van der Waals surface area contributed by atoms with Crippen LogP contribution in [0.5, 0.6) is 0 Å². The highest BCUT2D eigenvalue weighted by molar-refractivity contribution is 6.26. The van der Waals surface area contributed by atoms with E-state index in [1.165, 1.54) is 110 Å². The van der Waals surface area contributed by atoms with Gasteiger partial charge in [0.15, 0.2) is 0 Å². The van der Waals surface area contributed by atoms with Gasteiger partial charge in [0.25, 0.3) is 0 Å². The van der Waals surface area contributed by atoms with Gasteiger partial charge in [0.2, 0.25) is 0 Å². The Hall–Kier alpha value is -7.94. The van der Waals surface area contributed by atoms with Gasteiger partial charge < -0.3 is 8.98 Å². The lowest BCUT2D eigenvalue weighted by Gasteiger charge is -2.21. The van der Waals surface area contributed by atoms with Crippen molar-refractivity contribution in [2.75, 3.05) is 0 Å². The Morgan fingerprint density at radius 2 is 0.779 bits per heavy atom. The Labute approximate surface area is 396 Å². The lowest BCUT2D eigenvalue weighted by molar-refractivity contribution is 0.590. The molecule has 2 heteroatoms. The van der Waals surface area contributed by atoms with Crippen LogP contribution in [0, 0.1) is 0 Å². The number of aromatic nitrogens is 1. The van der Waals surface area contributed by atoms with E-state index in [1.54, 1.807) is 0 Å². The lowest BCUT2D eigenvalue weighted by Crippen LogP contribution is -2.10. The summed E-state index contributed by atoms with van der Waals surface area (Å²) in [7, 11) is 0. The molecule has 0 aliphatic rings. The molecule has 0 saturated carbocycles. The average Bonchev–Trinajstić information content (AvgIpc) is 3.89. The van der Waals surface area contributed by atoms with E-state index in [-0.39, 0.29) is 10.8 Å². The summed E-state index contributed by atoms with van der Waals surface area (Å²) in [5, 5.41) is 14.6. The molecule has 0 bridgehead atoms. The second-order valence-corrected chi connectivity index (χ2v) is 20.8. The van der Waals surface area contributed by atoms with Gasteiger partial charge in [-0.15, -0.1) is 0 Å². The Morgan fingerprint density at radius 3 is 1.29 bits per heavy atom. The summed E-state index contributed by atoms with van der Waals surface area (Å²) in [6.07, 6.45) is 0. The summed E-state index contributed by atoms with van der Waals surface area (Å²) in [5.74, 6) is 0. The molecule has 0 spiro atoms. The Bertz CT molecular complexity index is 4020. The van der Waals surface area contributed by atoms with Crippen molar-refractivity contribution in [3.8, 4) is 39.1 Å². The van der Waals surface area contributed by atoms with Crippen molar-refractivity contribution >= 4 is 86.8 Å². The molecule has 0 N–H and O–H groups in total. The van der Waals surface area contributed by atoms with Crippen LogP contribution in [-0.2, 0) is 10.8 Å². The van der Waals surface area contributed by atoms with Crippen LogP contribution in [0.2, 0.25) is 0 Å². The monoisotopic (exact) mass is 873 g/mol. The van der Waals surface area contributed by atoms with Crippen LogP contribution in [0.3, 0.4) is 0 Å². The highest BCUT2D eigenvalue weighted by Crippen LogP contribution is 2.49. The molecule has 0 unspecified atom stereocenters. The van der Waals surface area contributed by atoms with Crippen molar-refractivity contribution in [2.45, 2.75) is 52.4 Å². The van der Waals surface area contributed by atoms with E-state index in [9.17, 15) is 0 Å². The third-order valence-electron chi connectivity index (χ3n) is 14.7. The van der Waals surface area contributed by atoms with Crippen molar-refractivity contribution in [2.24, 2.45) is 0 Å². The first-order valence-corrected chi connectivity index (χ1v) is 24.0. The number of rotatable bonds is 4. The maximum atomic E-state index is 6.96. The highest BCUT2D eigenvalue weighted by Gasteiger charge is 2.25. The molecule has 13 rings (SSSR count). The van der Waals surface area contributed by atoms with Crippen LogP contribution in [0.15, 0.2) is 205 Å². The summed E-state index contributed by atoms with van der Waals surface area (Å²) >= 11 is 0. The topological polar surface area (TPSA) is 18.1 Å². The quantitative estimate of drug-likeness (QED) is 0.161. The average molecular weight is 874 g/mol. The van der Waals surface area contributed by atoms with Crippen LogP contribution in [0.4, 0.5) is 0 Å². The van der Waals surface area contributed by atoms with Crippen molar-refractivity contribution < 1.29 is 4.42 Å². The van der Waals surface area contributed by atoms with Gasteiger partial charge in [-0.1, -0.05) is 199 Å². The third-order valence-corrected chi connectivity index (χ3v) is 14.7. The van der Waals surface area contributed by atoms with Gasteiger partial charge in [-0.2, -0.15) is 0 Å². The minimum absolute atomic E-state index is 0.0186. The van der Waals surface area contributed by atoms with E-state index in [4.69, 9.17) is 4.42 Å². The maximum Gasteiger partial charge on any atom is 0.136 e. The van der Waals surface area contributed by atoms with E-state index < -0.39 is 0 Å². The first kappa shape index (κ1) is 40.3. The number of hydrogen-bond donors (Lipinski definition) is 0. The summed E-state index contributed by atoms with van der Waals surface area (Å²) in [6, 6.07) is 74.3. The van der Waals surface area contributed by atoms with Gasteiger partial charge in [-0.05, 0) is 130 Å². The standard InChI is InChI=1S/C66H51NO/c1-65(2,3)42-32-35-56-54(38-42)55-39-43(66(4,5)6)33-36-57(55)67(56)64-50-27-16-14-25-48(50)61(49-26-15-17-28-51(49)64)41-31-34-52-59(37-41)68-58-30-18-29-53(63(52)58)62-46-23-12-10-21-44(46)60(40-19-8-7-9-20-40)45-22-11-13-24-47(45)62/h7-39H,1-6H3. The molecule has 13 aromatic rings. The van der Waals surface area contributed by atoms with Crippen LogP contribution >= 0.6 is 0 Å². The molecule has 0 aliphatic carbocycles. The number of hydrogen-bond acceptors (Lipinski definition) is 1. The molecule has 2 aromatic heterocycles. The zero-order valence-electron chi connectivity index (χ0n) is 39.4. The molecule has 2 nitrogen and oxygen atoms in total. The first-order chi connectivity index (χ1) is 33.0. The summed E-state index contributed by atoms with van der Waals surface area (Å²) < 4.78 is 9.50. The molecule has 0 aliphatic heterocycles. The fourth-order valence-corrected chi connectivity index (χ4v) is 11.4. The third kappa shape index (κ3) is 6.03. The van der Waals surface area contributed by atoms with Gasteiger partial charge in [0.05, 0.1) is 16.7 Å². The zero-order valence-corrected chi connectivity index (χ0v) is 39.4. The van der Waals surface area contributed by atoms with Crippen LogP contribution in [-0.4, -0.2) is 4.57 Å². The van der Waals surface area contributed by atoms with Crippen LogP contribution in [0.1, 0.15) is 52.7 Å². The fraction of sp³-hybridized carbons (Fsp3) is 0.121. The minimum Gasteiger partial charge on any atom is -0.456 e. The van der Waals surface area contributed by atoms with Crippen molar-refractivity contribution in [3.05, 3.63) is 211 Å². The predicted molar refractivity (Wildman–Crippen MR) is 292 cm³/mol. The molecule has 326 valence electrons. The van der Waals surface area contributed by atoms with Gasteiger partial charge >= 0.3 is 0 Å². The maximum absolute atomic E-state index is 6.96. The minimum atomic E-state index is 0.0186. The van der Waals surface area contributed by atoms with Crippen molar-refractivity contribution in [1.82, 2.24) is 4.57 Å². The number of furan rings is 1. The highest BCUT2D eigenvalue weighted by atomic mass is 16.3. The van der Waals surface area contributed by atoms with Gasteiger partial charge in [0.1, 0.15) is 11.2 Å². The SMILES string of the molecule is CC(C)(C)c1ccc2c(c1)c1cc(C(C)(C)C)ccc1n2-c1c2ccccc2c(-c2ccc3c(c2)oc2cccc(-c4c5ccccc5c(-c5ccccc5)c5ccccc45)c23)c2ccccc12. The van der Waals surface area contributed by atoms with E-state index in [0.29, 0.717) is 0 Å². The number of fused-ring (bicyclic) bond motifs is 10. The zero-order chi connectivity index (χ0) is 46.1. The molecule has 0 fully saturated rings. The second-order valence-electron chi connectivity index (χ2n) is 20.8.